The summed E-state index contributed by atoms with van der Waals surface area (Å²) in [6, 6.07) is 12.9. The minimum Gasteiger partial charge on any atom is -0.384 e. The number of anilines is 2. The van der Waals surface area contributed by atoms with Crippen molar-refractivity contribution in [2.45, 2.75) is 19.3 Å². The van der Waals surface area contributed by atoms with Gasteiger partial charge >= 0.3 is 0 Å². The molecule has 7 nitrogen and oxygen atoms in total. The van der Waals surface area contributed by atoms with Crippen LogP contribution in [0.1, 0.15) is 26.3 Å². The lowest BCUT2D eigenvalue weighted by molar-refractivity contribution is 0.0699. The average molecular weight is 454 g/mol. The zero-order valence-electron chi connectivity index (χ0n) is 19.3. The van der Waals surface area contributed by atoms with Crippen molar-refractivity contribution in [3.8, 4) is 11.4 Å². The Balaban J connectivity index is 0.00000229. The van der Waals surface area contributed by atoms with Crippen LogP contribution in [0.25, 0.3) is 33.4 Å². The molecule has 0 spiro atoms. The highest BCUT2D eigenvalue weighted by atomic mass is 16.5. The first-order valence-corrected chi connectivity index (χ1v) is 12.1. The molecule has 2 aromatic carbocycles. The van der Waals surface area contributed by atoms with E-state index >= 15 is 0 Å². The molecule has 1 saturated heterocycles. The number of rotatable bonds is 4. The first kappa shape index (κ1) is 20.0. The summed E-state index contributed by atoms with van der Waals surface area (Å²) in [5.41, 5.74) is 6.60. The van der Waals surface area contributed by atoms with E-state index in [0.29, 0.717) is 5.92 Å². The molecule has 34 heavy (non-hydrogen) atoms. The number of hydrogen-bond donors (Lipinski definition) is 1. The van der Waals surface area contributed by atoms with E-state index in [1.807, 2.05) is 10.7 Å². The van der Waals surface area contributed by atoms with Gasteiger partial charge < -0.3 is 15.0 Å². The number of nitrogens with one attached hydrogen (secondary N) is 1. The van der Waals surface area contributed by atoms with E-state index in [2.05, 4.69) is 69.9 Å². The van der Waals surface area contributed by atoms with Crippen molar-refractivity contribution in [3.05, 3.63) is 60.2 Å². The SMILES string of the molecule is CN1CC[C]2C=C2c2c1cnn1c(-c3ccc4cccc(NCC5CCOCC5)c4c3)nnc21.[HH]. The van der Waals surface area contributed by atoms with Gasteiger partial charge in [-0.2, -0.15) is 9.61 Å². The van der Waals surface area contributed by atoms with Gasteiger partial charge in [0, 0.05) is 57.3 Å². The fraction of sp³-hybridized carbons (Fsp3) is 0.333. The third-order valence-electron chi connectivity index (χ3n) is 7.46. The highest BCUT2D eigenvalue weighted by Gasteiger charge is 2.35. The molecule has 7 heteroatoms. The molecule has 0 saturated carbocycles. The van der Waals surface area contributed by atoms with Crippen LogP contribution < -0.4 is 10.2 Å². The van der Waals surface area contributed by atoms with Crippen molar-refractivity contribution in [3.63, 3.8) is 0 Å². The van der Waals surface area contributed by atoms with Crippen molar-refractivity contribution in [2.75, 3.05) is 43.6 Å². The lowest BCUT2D eigenvalue weighted by atomic mass is 9.99. The maximum Gasteiger partial charge on any atom is 0.187 e. The molecule has 0 atom stereocenters. The molecule has 2 aromatic heterocycles. The number of benzene rings is 2. The van der Waals surface area contributed by atoms with Crippen molar-refractivity contribution < 1.29 is 6.16 Å². The monoisotopic (exact) mass is 453 g/mol. The maximum absolute atomic E-state index is 5.51. The highest BCUT2D eigenvalue weighted by Crippen LogP contribution is 2.49. The number of fused-ring (bicyclic) bond motifs is 6. The summed E-state index contributed by atoms with van der Waals surface area (Å²) in [6.45, 7) is 3.70. The Bertz CT molecular complexity index is 1440. The van der Waals surface area contributed by atoms with Gasteiger partial charge in [-0.3, -0.25) is 0 Å². The summed E-state index contributed by atoms with van der Waals surface area (Å²) in [4.78, 5) is 2.27. The molecule has 2 aliphatic heterocycles. The standard InChI is InChI=1S/C27H27N6O.H2/c1-32-10-7-19-13-22(19)25-24(32)16-29-33-26(30-31-27(25)33)20-6-5-18-3-2-4-23(21(18)14-20)28-15-17-8-11-34-12-9-17;/h2-6,13-14,16-17,28H,7-12,15H2,1H3;1H. The molecule has 4 aromatic rings. The Morgan fingerprint density at radius 3 is 2.97 bits per heavy atom. The van der Waals surface area contributed by atoms with E-state index < -0.39 is 0 Å². The van der Waals surface area contributed by atoms with Crippen LogP contribution in [-0.2, 0) is 4.74 Å². The van der Waals surface area contributed by atoms with Gasteiger partial charge in [0.1, 0.15) is 0 Å². The summed E-state index contributed by atoms with van der Waals surface area (Å²) >= 11 is 0. The van der Waals surface area contributed by atoms with Crippen LogP contribution >= 0.6 is 0 Å². The second-order valence-corrected chi connectivity index (χ2v) is 9.60. The molecular formula is C27H29N6O. The minimum absolute atomic E-state index is 0. The van der Waals surface area contributed by atoms with Gasteiger partial charge in [-0.1, -0.05) is 30.3 Å². The quantitative estimate of drug-likeness (QED) is 0.477. The van der Waals surface area contributed by atoms with Crippen LogP contribution in [0.4, 0.5) is 11.4 Å². The lowest BCUT2D eigenvalue weighted by Crippen LogP contribution is -2.22. The van der Waals surface area contributed by atoms with E-state index in [0.717, 1.165) is 79.5 Å². The van der Waals surface area contributed by atoms with Gasteiger partial charge in [0.05, 0.1) is 17.4 Å². The zero-order chi connectivity index (χ0) is 22.6. The van der Waals surface area contributed by atoms with Gasteiger partial charge in [-0.25, -0.2) is 0 Å². The summed E-state index contributed by atoms with van der Waals surface area (Å²) in [5, 5.41) is 20.1. The van der Waals surface area contributed by atoms with E-state index in [1.54, 1.807) is 0 Å². The van der Waals surface area contributed by atoms with Gasteiger partial charge in [0.25, 0.3) is 0 Å². The number of ether oxygens (including phenoxy) is 1. The molecule has 1 radical (unpaired) electrons. The van der Waals surface area contributed by atoms with Gasteiger partial charge in [-0.05, 0) is 48.3 Å². The smallest absolute Gasteiger partial charge is 0.187 e. The molecule has 173 valence electrons. The topological polar surface area (TPSA) is 67.6 Å². The van der Waals surface area contributed by atoms with E-state index in [1.165, 1.54) is 22.3 Å². The van der Waals surface area contributed by atoms with Gasteiger partial charge in [0.2, 0.25) is 0 Å². The third kappa shape index (κ3) is 3.26. The lowest BCUT2D eigenvalue weighted by Gasteiger charge is -2.23. The first-order chi connectivity index (χ1) is 16.8. The number of hydrogen-bond acceptors (Lipinski definition) is 6. The molecule has 4 heterocycles. The molecule has 3 aliphatic rings. The zero-order valence-corrected chi connectivity index (χ0v) is 19.3. The average Bonchev–Trinajstić information content (AvgIpc) is 3.55. The first-order valence-electron chi connectivity index (χ1n) is 12.1. The van der Waals surface area contributed by atoms with Crippen molar-refractivity contribution in [2.24, 2.45) is 5.92 Å². The van der Waals surface area contributed by atoms with Crippen LogP contribution in [-0.4, -0.2) is 53.2 Å². The molecular weight excluding hydrogens is 424 g/mol. The Hall–Kier alpha value is -3.45. The summed E-state index contributed by atoms with van der Waals surface area (Å²) in [7, 11) is 2.12. The fourth-order valence-corrected chi connectivity index (χ4v) is 5.32. The van der Waals surface area contributed by atoms with Crippen molar-refractivity contribution >= 4 is 33.4 Å². The molecule has 0 unspecified atom stereocenters. The van der Waals surface area contributed by atoms with Crippen LogP contribution in [0.2, 0.25) is 0 Å². The normalized spacial score (nSPS) is 18.5. The Labute approximate surface area is 199 Å². The van der Waals surface area contributed by atoms with Crippen LogP contribution in [0.3, 0.4) is 0 Å². The van der Waals surface area contributed by atoms with Gasteiger partial charge in [-0.15, -0.1) is 10.2 Å². The van der Waals surface area contributed by atoms with Crippen LogP contribution in [0.5, 0.6) is 0 Å². The van der Waals surface area contributed by atoms with E-state index in [-0.39, 0.29) is 1.43 Å². The Morgan fingerprint density at radius 1 is 1.15 bits per heavy atom. The number of aromatic nitrogens is 4. The number of nitrogens with zero attached hydrogens (tertiary/aromatic N) is 5. The summed E-state index contributed by atoms with van der Waals surface area (Å²) in [5.74, 6) is 2.85. The minimum atomic E-state index is 0. The number of allylic oxidation sites excluding steroid dienone is 2. The van der Waals surface area contributed by atoms with E-state index in [4.69, 9.17) is 9.84 Å². The van der Waals surface area contributed by atoms with Gasteiger partial charge in [0.15, 0.2) is 11.5 Å². The largest absolute Gasteiger partial charge is 0.384 e. The molecule has 7 rings (SSSR count). The van der Waals surface area contributed by atoms with Crippen LogP contribution in [0.15, 0.2) is 48.7 Å². The van der Waals surface area contributed by atoms with Crippen molar-refractivity contribution in [1.29, 1.82) is 0 Å². The van der Waals surface area contributed by atoms with E-state index in [9.17, 15) is 0 Å². The van der Waals surface area contributed by atoms with Crippen molar-refractivity contribution in [1.82, 2.24) is 19.8 Å². The summed E-state index contributed by atoms with van der Waals surface area (Å²) in [6.07, 6.45) is 7.54. The Morgan fingerprint density at radius 2 is 2.06 bits per heavy atom. The molecule has 0 bridgehead atoms. The van der Waals surface area contributed by atoms with Crippen LogP contribution in [0, 0.1) is 11.8 Å². The predicted molar refractivity (Wildman–Crippen MR) is 137 cm³/mol. The maximum atomic E-state index is 5.51. The fourth-order valence-electron chi connectivity index (χ4n) is 5.32. The summed E-state index contributed by atoms with van der Waals surface area (Å²) < 4.78 is 7.41. The Kier molecular flexibility index (Phi) is 4.58. The second-order valence-electron chi connectivity index (χ2n) is 9.60. The molecule has 1 aliphatic carbocycles. The molecule has 1 fully saturated rings. The second kappa shape index (κ2) is 7.81. The predicted octanol–water partition coefficient (Wildman–Crippen LogP) is 4.84. The highest BCUT2D eigenvalue weighted by molar-refractivity contribution is 6.03. The third-order valence-corrected chi connectivity index (χ3v) is 7.46. The molecule has 1 N–H and O–H groups in total. The molecule has 0 amide bonds.